The normalized spacial score (nSPS) is 24.2. The molecule has 0 aliphatic carbocycles. The van der Waals surface area contributed by atoms with Crippen molar-refractivity contribution >= 4 is 5.69 Å². The third kappa shape index (κ3) is 1.19. The highest BCUT2D eigenvalue weighted by Crippen LogP contribution is 2.44. The zero-order valence-corrected chi connectivity index (χ0v) is 9.48. The number of nitrogen functional groups attached to an aromatic ring is 1. The van der Waals surface area contributed by atoms with E-state index in [-0.39, 0.29) is 0 Å². The third-order valence-electron chi connectivity index (χ3n) is 3.96. The van der Waals surface area contributed by atoms with Gasteiger partial charge in [0.2, 0.25) is 0 Å². The van der Waals surface area contributed by atoms with E-state index < -0.39 is 0 Å². The maximum absolute atomic E-state index is 5.89. The van der Waals surface area contributed by atoms with Crippen LogP contribution in [-0.2, 0) is 6.42 Å². The third-order valence-corrected chi connectivity index (χ3v) is 3.96. The summed E-state index contributed by atoms with van der Waals surface area (Å²) >= 11 is 0. The van der Waals surface area contributed by atoms with Crippen molar-refractivity contribution in [1.82, 2.24) is 5.32 Å². The molecule has 2 unspecified atom stereocenters. The van der Waals surface area contributed by atoms with Gasteiger partial charge in [0.25, 0.3) is 0 Å². The molecule has 0 saturated heterocycles. The second-order valence-electron chi connectivity index (χ2n) is 4.94. The Labute approximate surface area is 100 Å². The van der Waals surface area contributed by atoms with Crippen LogP contribution in [-0.4, -0.2) is 0 Å². The molecule has 17 heavy (non-hydrogen) atoms. The summed E-state index contributed by atoms with van der Waals surface area (Å²) in [7, 11) is 0. The Bertz CT molecular complexity index is 604. The first-order valence-electron chi connectivity index (χ1n) is 6.06. The van der Waals surface area contributed by atoms with Gasteiger partial charge in [-0.2, -0.15) is 0 Å². The van der Waals surface area contributed by atoms with Gasteiger partial charge in [0.05, 0.1) is 6.04 Å². The van der Waals surface area contributed by atoms with Crippen LogP contribution < -0.4 is 11.1 Å². The van der Waals surface area contributed by atoms with Gasteiger partial charge >= 0.3 is 0 Å². The molecule has 2 aromatic carbocycles. The van der Waals surface area contributed by atoms with Gasteiger partial charge in [-0.1, -0.05) is 30.3 Å². The minimum atomic E-state index is 0.362. The van der Waals surface area contributed by atoms with Gasteiger partial charge in [-0.05, 0) is 40.8 Å². The van der Waals surface area contributed by atoms with E-state index in [0.717, 1.165) is 12.1 Å². The molecule has 2 aliphatic heterocycles. The average Bonchev–Trinajstić information content (AvgIpc) is 2.64. The second-order valence-corrected chi connectivity index (χ2v) is 4.94. The molecule has 0 saturated carbocycles. The van der Waals surface area contributed by atoms with E-state index in [0.29, 0.717) is 12.1 Å². The van der Waals surface area contributed by atoms with Gasteiger partial charge in [0, 0.05) is 11.7 Å². The van der Waals surface area contributed by atoms with E-state index in [9.17, 15) is 0 Å². The molecule has 2 heterocycles. The van der Waals surface area contributed by atoms with Crippen LogP contribution in [0.4, 0.5) is 5.69 Å². The summed E-state index contributed by atoms with van der Waals surface area (Å²) in [5.74, 6) is 0. The lowest BCUT2D eigenvalue weighted by atomic mass is 9.94. The Morgan fingerprint density at radius 1 is 1.00 bits per heavy atom. The van der Waals surface area contributed by atoms with Crippen LogP contribution in [0.3, 0.4) is 0 Å². The molecule has 84 valence electrons. The quantitative estimate of drug-likeness (QED) is 0.672. The average molecular weight is 222 g/mol. The predicted molar refractivity (Wildman–Crippen MR) is 68.7 cm³/mol. The lowest BCUT2D eigenvalue weighted by molar-refractivity contribution is 0.502. The molecule has 4 rings (SSSR count). The number of nitrogens with one attached hydrogen (secondary N) is 1. The molecular formula is C15H14N2. The van der Waals surface area contributed by atoms with Gasteiger partial charge in [-0.25, -0.2) is 0 Å². The first-order chi connectivity index (χ1) is 8.33. The fourth-order valence-corrected chi connectivity index (χ4v) is 3.19. The van der Waals surface area contributed by atoms with Crippen LogP contribution in [0.5, 0.6) is 0 Å². The SMILES string of the molecule is Nc1ccc2c(c1)C1Cc3ccccc3C2N1. The number of hydrogen-bond acceptors (Lipinski definition) is 2. The van der Waals surface area contributed by atoms with E-state index >= 15 is 0 Å². The zero-order valence-electron chi connectivity index (χ0n) is 9.48. The molecule has 3 N–H and O–H groups in total. The number of anilines is 1. The highest BCUT2D eigenvalue weighted by atomic mass is 15.0. The zero-order chi connectivity index (χ0) is 11.4. The van der Waals surface area contributed by atoms with E-state index in [1.165, 1.54) is 22.3 Å². The van der Waals surface area contributed by atoms with E-state index in [1.54, 1.807) is 0 Å². The minimum absolute atomic E-state index is 0.362. The minimum Gasteiger partial charge on any atom is -0.399 e. The van der Waals surface area contributed by atoms with Gasteiger partial charge in [-0.3, -0.25) is 5.32 Å². The molecule has 2 aromatic rings. The molecular weight excluding hydrogens is 208 g/mol. The van der Waals surface area contributed by atoms with Crippen molar-refractivity contribution in [3.8, 4) is 0 Å². The highest BCUT2D eigenvalue weighted by Gasteiger charge is 2.36. The second kappa shape index (κ2) is 3.11. The van der Waals surface area contributed by atoms with Crippen molar-refractivity contribution in [1.29, 1.82) is 0 Å². The van der Waals surface area contributed by atoms with Gasteiger partial charge in [0.15, 0.2) is 0 Å². The van der Waals surface area contributed by atoms with Gasteiger partial charge < -0.3 is 5.73 Å². The molecule has 0 amide bonds. The maximum atomic E-state index is 5.89. The Morgan fingerprint density at radius 3 is 2.82 bits per heavy atom. The van der Waals surface area contributed by atoms with Crippen molar-refractivity contribution in [3.63, 3.8) is 0 Å². The molecule has 2 bridgehead atoms. The highest BCUT2D eigenvalue weighted by molar-refractivity contribution is 5.55. The Morgan fingerprint density at radius 2 is 1.88 bits per heavy atom. The Hall–Kier alpha value is -1.80. The Balaban J connectivity index is 1.95. The van der Waals surface area contributed by atoms with Crippen LogP contribution in [0, 0.1) is 0 Å². The smallest absolute Gasteiger partial charge is 0.0587 e. The van der Waals surface area contributed by atoms with Crippen molar-refractivity contribution in [2.24, 2.45) is 0 Å². The number of nitrogens with two attached hydrogens (primary N) is 1. The summed E-state index contributed by atoms with van der Waals surface area (Å²) in [6.45, 7) is 0. The number of benzene rings is 2. The van der Waals surface area contributed by atoms with E-state index in [4.69, 9.17) is 5.73 Å². The standard InChI is InChI=1S/C15H14N2/c16-10-5-6-12-13(8-10)14-7-9-3-1-2-4-11(9)15(12)17-14/h1-6,8,14-15,17H,7,16H2. The summed E-state index contributed by atoms with van der Waals surface area (Å²) in [6, 6.07) is 15.8. The largest absolute Gasteiger partial charge is 0.399 e. The summed E-state index contributed by atoms with van der Waals surface area (Å²) in [5.41, 5.74) is 12.4. The van der Waals surface area contributed by atoms with Crippen molar-refractivity contribution in [2.75, 3.05) is 5.73 Å². The lowest BCUT2D eigenvalue weighted by Crippen LogP contribution is -2.26. The predicted octanol–water partition coefficient (Wildman–Crippen LogP) is 2.56. The fraction of sp³-hybridized carbons (Fsp3) is 0.200. The molecule has 0 aromatic heterocycles. The summed E-state index contributed by atoms with van der Waals surface area (Å²) < 4.78 is 0. The molecule has 0 spiro atoms. The molecule has 0 radical (unpaired) electrons. The molecule has 2 nitrogen and oxygen atoms in total. The summed E-state index contributed by atoms with van der Waals surface area (Å²) in [5, 5.41) is 3.68. The number of hydrogen-bond donors (Lipinski definition) is 2. The topological polar surface area (TPSA) is 38.0 Å². The van der Waals surface area contributed by atoms with Crippen molar-refractivity contribution in [3.05, 3.63) is 64.7 Å². The molecule has 2 heteroatoms. The van der Waals surface area contributed by atoms with Crippen LogP contribution >= 0.6 is 0 Å². The summed E-state index contributed by atoms with van der Waals surface area (Å²) in [4.78, 5) is 0. The van der Waals surface area contributed by atoms with Gasteiger partial charge in [0.1, 0.15) is 0 Å². The van der Waals surface area contributed by atoms with E-state index in [2.05, 4.69) is 41.7 Å². The van der Waals surface area contributed by atoms with Crippen LogP contribution in [0.2, 0.25) is 0 Å². The van der Waals surface area contributed by atoms with Crippen molar-refractivity contribution in [2.45, 2.75) is 18.5 Å². The number of fused-ring (bicyclic) bond motifs is 7. The Kier molecular flexibility index (Phi) is 1.69. The van der Waals surface area contributed by atoms with Crippen molar-refractivity contribution < 1.29 is 0 Å². The number of rotatable bonds is 0. The van der Waals surface area contributed by atoms with Crippen LogP contribution in [0.25, 0.3) is 0 Å². The summed E-state index contributed by atoms with van der Waals surface area (Å²) in [6.07, 6.45) is 1.07. The van der Waals surface area contributed by atoms with E-state index in [1.807, 2.05) is 6.07 Å². The fourth-order valence-electron chi connectivity index (χ4n) is 3.19. The van der Waals surface area contributed by atoms with Crippen LogP contribution in [0.1, 0.15) is 34.3 Å². The lowest BCUT2D eigenvalue weighted by Gasteiger charge is -2.24. The van der Waals surface area contributed by atoms with Crippen LogP contribution in [0.15, 0.2) is 42.5 Å². The first kappa shape index (κ1) is 9.25. The monoisotopic (exact) mass is 222 g/mol. The maximum Gasteiger partial charge on any atom is 0.0587 e. The van der Waals surface area contributed by atoms with Gasteiger partial charge in [-0.15, -0.1) is 0 Å². The molecule has 2 atom stereocenters. The molecule has 2 aliphatic rings. The molecule has 0 fully saturated rings. The first-order valence-corrected chi connectivity index (χ1v) is 6.06.